The molecule has 7 heteroatoms. The van der Waals surface area contributed by atoms with Gasteiger partial charge in [0.05, 0.1) is 11.8 Å². The highest BCUT2D eigenvalue weighted by molar-refractivity contribution is 7.13. The first-order valence-corrected chi connectivity index (χ1v) is 8.21. The van der Waals surface area contributed by atoms with E-state index < -0.39 is 11.9 Å². The Labute approximate surface area is 127 Å². The fourth-order valence-corrected chi connectivity index (χ4v) is 3.97. The van der Waals surface area contributed by atoms with Gasteiger partial charge in [-0.15, -0.1) is 11.3 Å². The van der Waals surface area contributed by atoms with E-state index in [4.69, 9.17) is 0 Å². The monoisotopic (exact) mass is 309 g/mol. The second-order valence-corrected chi connectivity index (χ2v) is 6.48. The molecule has 2 aliphatic rings. The largest absolute Gasteiger partial charge is 0.481 e. The van der Waals surface area contributed by atoms with Crippen LogP contribution in [0.15, 0.2) is 11.6 Å². The summed E-state index contributed by atoms with van der Waals surface area (Å²) in [6.07, 6.45) is 3.97. The van der Waals surface area contributed by atoms with Crippen molar-refractivity contribution in [3.8, 4) is 0 Å². The van der Waals surface area contributed by atoms with E-state index in [9.17, 15) is 14.7 Å². The molecule has 21 heavy (non-hydrogen) atoms. The molecule has 6 nitrogen and oxygen atoms in total. The van der Waals surface area contributed by atoms with Crippen molar-refractivity contribution >= 4 is 28.3 Å². The van der Waals surface area contributed by atoms with Crippen molar-refractivity contribution in [2.45, 2.75) is 19.3 Å². The lowest BCUT2D eigenvalue weighted by Gasteiger charge is -2.36. The average molecular weight is 309 g/mol. The van der Waals surface area contributed by atoms with Crippen molar-refractivity contribution in [3.05, 3.63) is 11.6 Å². The van der Waals surface area contributed by atoms with Crippen molar-refractivity contribution < 1.29 is 14.7 Å². The number of carboxylic acids is 1. The first-order chi connectivity index (χ1) is 10.2. The van der Waals surface area contributed by atoms with Gasteiger partial charge in [0, 0.05) is 37.8 Å². The summed E-state index contributed by atoms with van der Waals surface area (Å²) in [5.41, 5.74) is 0. The smallest absolute Gasteiger partial charge is 0.307 e. The van der Waals surface area contributed by atoms with Gasteiger partial charge < -0.3 is 14.9 Å². The molecule has 3 rings (SSSR count). The SMILES string of the molecule is O=C(O)C1CCCC1C(=O)N1CCN(c2nccs2)CC1. The molecule has 2 atom stereocenters. The van der Waals surface area contributed by atoms with Crippen LogP contribution in [0.2, 0.25) is 0 Å². The van der Waals surface area contributed by atoms with Crippen molar-refractivity contribution in [3.63, 3.8) is 0 Å². The number of carbonyl (C=O) groups excluding carboxylic acids is 1. The van der Waals surface area contributed by atoms with Crippen LogP contribution in [-0.2, 0) is 9.59 Å². The molecule has 114 valence electrons. The highest BCUT2D eigenvalue weighted by atomic mass is 32.1. The molecule has 1 saturated heterocycles. The third kappa shape index (κ3) is 2.88. The van der Waals surface area contributed by atoms with E-state index in [0.29, 0.717) is 25.9 Å². The first kappa shape index (κ1) is 14.3. The van der Waals surface area contributed by atoms with Crippen LogP contribution in [0, 0.1) is 11.8 Å². The van der Waals surface area contributed by atoms with E-state index in [2.05, 4.69) is 9.88 Å². The fraction of sp³-hybridized carbons (Fsp3) is 0.643. The number of hydrogen-bond donors (Lipinski definition) is 1. The second kappa shape index (κ2) is 6.01. The third-order valence-electron chi connectivity index (χ3n) is 4.43. The molecule has 2 unspecified atom stereocenters. The van der Waals surface area contributed by atoms with Gasteiger partial charge in [-0.25, -0.2) is 4.98 Å². The van der Waals surface area contributed by atoms with E-state index in [1.807, 2.05) is 10.3 Å². The minimum Gasteiger partial charge on any atom is -0.481 e. The molecule has 1 aromatic rings. The molecule has 0 radical (unpaired) electrons. The van der Waals surface area contributed by atoms with Gasteiger partial charge >= 0.3 is 5.97 Å². The maximum absolute atomic E-state index is 12.5. The standard InChI is InChI=1S/C14H19N3O3S/c18-12(10-2-1-3-11(10)13(19)20)16-5-7-17(8-6-16)14-15-4-9-21-14/h4,9-11H,1-3,5-8H2,(H,19,20). The summed E-state index contributed by atoms with van der Waals surface area (Å²) in [6.45, 7) is 2.84. The van der Waals surface area contributed by atoms with Gasteiger partial charge in [0.1, 0.15) is 0 Å². The molecular formula is C14H19N3O3S. The zero-order valence-electron chi connectivity index (χ0n) is 11.8. The molecule has 0 spiro atoms. The van der Waals surface area contributed by atoms with Gasteiger partial charge in [-0.1, -0.05) is 6.42 Å². The average Bonchev–Trinajstić information content (AvgIpc) is 3.18. The Balaban J connectivity index is 1.59. The van der Waals surface area contributed by atoms with Crippen LogP contribution >= 0.6 is 11.3 Å². The Hall–Kier alpha value is -1.63. The number of amides is 1. The Kier molecular flexibility index (Phi) is 4.10. The number of nitrogens with zero attached hydrogens (tertiary/aromatic N) is 3. The number of anilines is 1. The van der Waals surface area contributed by atoms with Gasteiger partial charge in [0.25, 0.3) is 0 Å². The van der Waals surface area contributed by atoms with E-state index >= 15 is 0 Å². The van der Waals surface area contributed by atoms with Crippen molar-refractivity contribution in [1.29, 1.82) is 0 Å². The Morgan fingerprint density at radius 3 is 2.52 bits per heavy atom. The zero-order chi connectivity index (χ0) is 14.8. The molecule has 1 aliphatic carbocycles. The molecular weight excluding hydrogens is 290 g/mol. The van der Waals surface area contributed by atoms with E-state index in [1.165, 1.54) is 0 Å². The fourth-order valence-electron chi connectivity index (χ4n) is 3.28. The number of aromatic nitrogens is 1. The zero-order valence-corrected chi connectivity index (χ0v) is 12.6. The predicted molar refractivity (Wildman–Crippen MR) is 79.4 cm³/mol. The predicted octanol–water partition coefficient (Wildman–Crippen LogP) is 1.29. The van der Waals surface area contributed by atoms with Gasteiger partial charge in [0.2, 0.25) is 5.91 Å². The van der Waals surface area contributed by atoms with Gasteiger partial charge in [-0.2, -0.15) is 0 Å². The van der Waals surface area contributed by atoms with Gasteiger partial charge in [-0.3, -0.25) is 9.59 Å². The summed E-state index contributed by atoms with van der Waals surface area (Å²) in [4.78, 5) is 32.1. The van der Waals surface area contributed by atoms with Gasteiger partial charge in [-0.05, 0) is 12.8 Å². The highest BCUT2D eigenvalue weighted by Crippen LogP contribution is 2.33. The van der Waals surface area contributed by atoms with E-state index in [-0.39, 0.29) is 11.8 Å². The highest BCUT2D eigenvalue weighted by Gasteiger charge is 2.40. The first-order valence-electron chi connectivity index (χ1n) is 7.33. The number of carboxylic acid groups (broad SMARTS) is 1. The molecule has 0 aromatic carbocycles. The van der Waals surface area contributed by atoms with Crippen molar-refractivity contribution in [2.24, 2.45) is 11.8 Å². The van der Waals surface area contributed by atoms with Crippen LogP contribution in [0.5, 0.6) is 0 Å². The van der Waals surface area contributed by atoms with Crippen LogP contribution in [0.4, 0.5) is 5.13 Å². The molecule has 2 heterocycles. The lowest BCUT2D eigenvalue weighted by atomic mass is 9.94. The summed E-state index contributed by atoms with van der Waals surface area (Å²) in [5, 5.41) is 12.2. The number of rotatable bonds is 3. The van der Waals surface area contributed by atoms with Gasteiger partial charge in [0.15, 0.2) is 5.13 Å². The topological polar surface area (TPSA) is 73.7 Å². The molecule has 0 bridgehead atoms. The Morgan fingerprint density at radius 1 is 1.19 bits per heavy atom. The minimum absolute atomic E-state index is 0.0266. The second-order valence-electron chi connectivity index (χ2n) is 5.61. The summed E-state index contributed by atoms with van der Waals surface area (Å²) >= 11 is 1.60. The van der Waals surface area contributed by atoms with Crippen LogP contribution < -0.4 is 4.90 Å². The molecule has 1 N–H and O–H groups in total. The number of aliphatic carboxylic acids is 1. The minimum atomic E-state index is -0.827. The summed E-state index contributed by atoms with van der Waals surface area (Å²) < 4.78 is 0. The Morgan fingerprint density at radius 2 is 1.90 bits per heavy atom. The normalized spacial score (nSPS) is 26.1. The maximum Gasteiger partial charge on any atom is 0.307 e. The third-order valence-corrected chi connectivity index (χ3v) is 5.26. The van der Waals surface area contributed by atoms with E-state index in [0.717, 1.165) is 24.6 Å². The molecule has 1 amide bonds. The van der Waals surface area contributed by atoms with Crippen molar-refractivity contribution in [2.75, 3.05) is 31.1 Å². The van der Waals surface area contributed by atoms with E-state index in [1.54, 1.807) is 17.5 Å². The quantitative estimate of drug-likeness (QED) is 0.911. The summed E-state index contributed by atoms with van der Waals surface area (Å²) in [6, 6.07) is 0. The molecule has 1 aliphatic heterocycles. The lowest BCUT2D eigenvalue weighted by molar-refractivity contribution is -0.149. The Bertz CT molecular complexity index is 512. The van der Waals surface area contributed by atoms with Crippen LogP contribution in [0.1, 0.15) is 19.3 Å². The van der Waals surface area contributed by atoms with Crippen LogP contribution in [-0.4, -0.2) is 53.0 Å². The number of thiazole rings is 1. The van der Waals surface area contributed by atoms with Crippen molar-refractivity contribution in [1.82, 2.24) is 9.88 Å². The lowest BCUT2D eigenvalue weighted by Crippen LogP contribution is -2.51. The number of piperazine rings is 1. The summed E-state index contributed by atoms with van der Waals surface area (Å²) in [7, 11) is 0. The maximum atomic E-state index is 12.5. The van der Waals surface area contributed by atoms with Crippen LogP contribution in [0.3, 0.4) is 0 Å². The molecule has 1 saturated carbocycles. The molecule has 1 aromatic heterocycles. The van der Waals surface area contributed by atoms with Crippen LogP contribution in [0.25, 0.3) is 0 Å². The summed E-state index contributed by atoms with van der Waals surface area (Å²) in [5.74, 6) is -1.62. The molecule has 2 fully saturated rings. The number of carbonyl (C=O) groups is 2. The number of hydrogen-bond acceptors (Lipinski definition) is 5.